The summed E-state index contributed by atoms with van der Waals surface area (Å²) >= 11 is 3.43. The summed E-state index contributed by atoms with van der Waals surface area (Å²) in [7, 11) is 0. The lowest BCUT2D eigenvalue weighted by Crippen LogP contribution is -2.46. The van der Waals surface area contributed by atoms with Crippen molar-refractivity contribution in [3.8, 4) is 12.1 Å². The predicted molar refractivity (Wildman–Crippen MR) is 99.8 cm³/mol. The zero-order valence-electron chi connectivity index (χ0n) is 15.0. The molecule has 1 aliphatic heterocycles. The van der Waals surface area contributed by atoms with Gasteiger partial charge in [-0.2, -0.15) is 10.5 Å². The normalized spacial score (nSPS) is 33.7. The van der Waals surface area contributed by atoms with E-state index in [-0.39, 0.29) is 19.0 Å². The third-order valence-electron chi connectivity index (χ3n) is 5.79. The van der Waals surface area contributed by atoms with Crippen molar-refractivity contribution in [1.82, 2.24) is 0 Å². The predicted octanol–water partition coefficient (Wildman–Crippen LogP) is 3.23. The molecule has 1 aromatic rings. The highest BCUT2D eigenvalue weighted by molar-refractivity contribution is 9.10. The molecule has 136 valence electrons. The highest BCUT2D eigenvalue weighted by Crippen LogP contribution is 2.86. The van der Waals surface area contributed by atoms with E-state index in [1.807, 2.05) is 31.2 Å². The number of hydrogen-bond donors (Lipinski definition) is 1. The van der Waals surface area contributed by atoms with E-state index in [4.69, 9.17) is 15.2 Å². The Kier molecular flexibility index (Phi) is 4.39. The van der Waals surface area contributed by atoms with Crippen molar-refractivity contribution in [3.63, 3.8) is 0 Å². The average Bonchev–Trinajstić information content (AvgIpc) is 3.13. The van der Waals surface area contributed by atoms with Crippen LogP contribution in [0.1, 0.15) is 32.8 Å². The molecule has 3 rings (SSSR count). The van der Waals surface area contributed by atoms with E-state index >= 15 is 0 Å². The lowest BCUT2D eigenvalue weighted by molar-refractivity contribution is -0.258. The maximum Gasteiger partial charge on any atom is 0.293 e. The van der Waals surface area contributed by atoms with E-state index in [1.54, 1.807) is 13.8 Å². The van der Waals surface area contributed by atoms with Gasteiger partial charge >= 0.3 is 0 Å². The largest absolute Gasteiger partial charge is 0.386 e. The number of amidine groups is 1. The van der Waals surface area contributed by atoms with Crippen LogP contribution in [-0.4, -0.2) is 25.0 Å². The summed E-state index contributed by atoms with van der Waals surface area (Å²) in [5.74, 6) is -1.48. The molecule has 0 unspecified atom stereocenters. The van der Waals surface area contributed by atoms with Crippen molar-refractivity contribution < 1.29 is 9.47 Å². The molecule has 2 aliphatic rings. The van der Waals surface area contributed by atoms with Crippen molar-refractivity contribution >= 4 is 21.8 Å². The fourth-order valence-corrected chi connectivity index (χ4v) is 5.24. The summed E-state index contributed by atoms with van der Waals surface area (Å²) in [6.07, 6.45) is 0.522. The number of halogens is 1. The second-order valence-electron chi connectivity index (χ2n) is 6.43. The summed E-state index contributed by atoms with van der Waals surface area (Å²) in [5.41, 5.74) is 3.64. The molecule has 7 heteroatoms. The molecule has 1 heterocycles. The first-order valence-electron chi connectivity index (χ1n) is 8.65. The average molecular weight is 417 g/mol. The Morgan fingerprint density at radius 3 is 2.08 bits per heavy atom. The van der Waals surface area contributed by atoms with Crippen LogP contribution >= 0.6 is 15.9 Å². The smallest absolute Gasteiger partial charge is 0.293 e. The summed E-state index contributed by atoms with van der Waals surface area (Å²) in [4.78, 5) is 4.40. The van der Waals surface area contributed by atoms with Crippen LogP contribution in [-0.2, 0) is 14.9 Å². The lowest BCUT2D eigenvalue weighted by Gasteiger charge is -2.35. The highest BCUT2D eigenvalue weighted by Gasteiger charge is 3.00. The topological polar surface area (TPSA) is 104 Å². The number of aliphatic imine (C=N–C) groups is 1. The minimum Gasteiger partial charge on any atom is -0.386 e. The van der Waals surface area contributed by atoms with Crippen molar-refractivity contribution in [2.45, 2.75) is 38.5 Å². The molecular formula is C19H21BrN4O2. The van der Waals surface area contributed by atoms with Gasteiger partial charge in [0.15, 0.2) is 10.8 Å². The number of nitriles is 2. The van der Waals surface area contributed by atoms with Crippen LogP contribution in [0.25, 0.3) is 0 Å². The Balaban J connectivity index is 2.35. The number of hydrogen-bond acceptors (Lipinski definition) is 6. The zero-order valence-corrected chi connectivity index (χ0v) is 16.6. The first kappa shape index (κ1) is 18.8. The number of benzene rings is 1. The van der Waals surface area contributed by atoms with Crippen LogP contribution in [0.5, 0.6) is 0 Å². The fourth-order valence-electron chi connectivity index (χ4n) is 4.97. The molecule has 3 atom stereocenters. The van der Waals surface area contributed by atoms with Crippen LogP contribution in [0.2, 0.25) is 0 Å². The van der Waals surface area contributed by atoms with Crippen molar-refractivity contribution in [3.05, 3.63) is 34.3 Å². The highest BCUT2D eigenvalue weighted by atomic mass is 79.9. The van der Waals surface area contributed by atoms with E-state index in [0.717, 1.165) is 10.0 Å². The van der Waals surface area contributed by atoms with Gasteiger partial charge in [-0.1, -0.05) is 35.0 Å². The van der Waals surface area contributed by atoms with Gasteiger partial charge in [-0.3, -0.25) is 0 Å². The molecule has 0 radical (unpaired) electrons. The molecule has 1 saturated carbocycles. The van der Waals surface area contributed by atoms with Crippen LogP contribution in [0.15, 0.2) is 33.7 Å². The van der Waals surface area contributed by atoms with Gasteiger partial charge in [0.1, 0.15) is 5.84 Å². The molecule has 0 spiro atoms. The Morgan fingerprint density at radius 1 is 1.08 bits per heavy atom. The Morgan fingerprint density at radius 2 is 1.65 bits per heavy atom. The van der Waals surface area contributed by atoms with Gasteiger partial charge < -0.3 is 15.2 Å². The van der Waals surface area contributed by atoms with E-state index in [0.29, 0.717) is 6.42 Å². The fraction of sp³-hybridized carbons (Fsp3) is 0.526. The molecule has 6 nitrogen and oxygen atoms in total. The molecule has 1 aromatic carbocycles. The van der Waals surface area contributed by atoms with Crippen molar-refractivity contribution in [2.24, 2.45) is 21.6 Å². The van der Waals surface area contributed by atoms with Crippen LogP contribution < -0.4 is 5.73 Å². The maximum atomic E-state index is 10.4. The van der Waals surface area contributed by atoms with E-state index in [1.165, 1.54) is 0 Å². The molecule has 1 aliphatic carbocycles. The van der Waals surface area contributed by atoms with Gasteiger partial charge in [-0.25, -0.2) is 4.99 Å². The van der Waals surface area contributed by atoms with E-state index in [2.05, 4.69) is 33.1 Å². The number of nitrogens with zero attached hydrogens (tertiary/aromatic N) is 3. The first-order valence-corrected chi connectivity index (χ1v) is 9.45. The summed E-state index contributed by atoms with van der Waals surface area (Å²) < 4.78 is 12.7. The minimum absolute atomic E-state index is 0.105. The third kappa shape index (κ3) is 1.69. The summed E-state index contributed by atoms with van der Waals surface area (Å²) in [6.45, 7) is 6.12. The Bertz CT molecular complexity index is 835. The van der Waals surface area contributed by atoms with Gasteiger partial charge in [0.2, 0.25) is 0 Å². The number of rotatable bonds is 6. The Labute approximate surface area is 161 Å². The molecule has 1 fully saturated rings. The quantitative estimate of drug-likeness (QED) is 0.716. The number of fused-ring (bicyclic) bond motifs is 1. The van der Waals surface area contributed by atoms with Crippen molar-refractivity contribution in [1.29, 1.82) is 10.5 Å². The summed E-state index contributed by atoms with van der Waals surface area (Å²) in [5, 5.41) is 20.6. The first-order chi connectivity index (χ1) is 12.4. The molecule has 0 bridgehead atoms. The third-order valence-corrected chi connectivity index (χ3v) is 6.32. The molecular weight excluding hydrogens is 396 g/mol. The van der Waals surface area contributed by atoms with Crippen LogP contribution in [0.4, 0.5) is 0 Å². The van der Waals surface area contributed by atoms with E-state index in [9.17, 15) is 10.5 Å². The van der Waals surface area contributed by atoms with Gasteiger partial charge in [-0.15, -0.1) is 0 Å². The van der Waals surface area contributed by atoms with Crippen molar-refractivity contribution in [2.75, 3.05) is 13.2 Å². The molecule has 2 N–H and O–H groups in total. The summed E-state index contributed by atoms with van der Waals surface area (Å²) in [6, 6.07) is 12.3. The van der Waals surface area contributed by atoms with E-state index < -0.39 is 22.2 Å². The Hall–Kier alpha value is -1.93. The zero-order chi connectivity index (χ0) is 19.2. The lowest BCUT2D eigenvalue weighted by atomic mass is 9.80. The van der Waals surface area contributed by atoms with Crippen LogP contribution in [0, 0.1) is 33.5 Å². The standard InChI is InChI=1S/C19H21BrN4O2/c1-4-16(13-7-9-14(20)10-8-13)17(11-21)15(23)24-19(25-5-2,26-6-3)18(16,17)12-22/h7-10H,4-6H2,1-3H3,(H2,23,24)/t16-,17-,18+/m0/s1. The molecule has 0 amide bonds. The van der Waals surface area contributed by atoms with Crippen LogP contribution in [0.3, 0.4) is 0 Å². The second-order valence-corrected chi connectivity index (χ2v) is 7.35. The van der Waals surface area contributed by atoms with Gasteiger partial charge in [-0.05, 0) is 38.0 Å². The SMILES string of the molecule is CCOC1(OCC)N=C(N)[C@@]2(C#N)[C@](CC)(c3ccc(Br)cc3)[C@@]12C#N. The molecule has 0 saturated heterocycles. The van der Waals surface area contributed by atoms with Gasteiger partial charge in [0.25, 0.3) is 5.91 Å². The van der Waals surface area contributed by atoms with Gasteiger partial charge in [0, 0.05) is 17.7 Å². The maximum absolute atomic E-state index is 10.4. The molecule has 0 aromatic heterocycles. The minimum atomic E-state index is -1.59. The number of ether oxygens (including phenoxy) is 2. The monoisotopic (exact) mass is 416 g/mol. The number of nitrogens with two attached hydrogens (primary N) is 1. The molecule has 26 heavy (non-hydrogen) atoms. The van der Waals surface area contributed by atoms with Gasteiger partial charge in [0.05, 0.1) is 17.6 Å². The second kappa shape index (κ2) is 6.06.